The van der Waals surface area contributed by atoms with E-state index in [0.717, 1.165) is 31.7 Å². The maximum Gasteiger partial charge on any atom is 0.410 e. The van der Waals surface area contributed by atoms with Crippen LogP contribution in [-0.4, -0.2) is 36.8 Å². The first-order valence-electron chi connectivity index (χ1n) is 9.82. The van der Waals surface area contributed by atoms with Crippen molar-refractivity contribution in [2.45, 2.75) is 52.1 Å². The van der Waals surface area contributed by atoms with Gasteiger partial charge in [0.15, 0.2) is 0 Å². The predicted molar refractivity (Wildman–Crippen MR) is 109 cm³/mol. The molecular formula is C23H31NO3. The largest absolute Gasteiger partial charge is 0.497 e. The minimum absolute atomic E-state index is 0.190. The predicted octanol–water partition coefficient (Wildman–Crippen LogP) is 5.60. The fourth-order valence-corrected chi connectivity index (χ4v) is 3.84. The average Bonchev–Trinajstić information content (AvgIpc) is 2.65. The topological polar surface area (TPSA) is 38.8 Å². The lowest BCUT2D eigenvalue weighted by Crippen LogP contribution is -2.43. The van der Waals surface area contributed by atoms with E-state index in [1.165, 1.54) is 16.3 Å². The third-order valence-electron chi connectivity index (χ3n) is 5.41. The number of benzene rings is 2. The van der Waals surface area contributed by atoms with Crippen molar-refractivity contribution in [1.82, 2.24) is 4.90 Å². The maximum absolute atomic E-state index is 12.4. The molecule has 0 spiro atoms. The molecule has 146 valence electrons. The summed E-state index contributed by atoms with van der Waals surface area (Å²) in [4.78, 5) is 14.3. The number of piperidine rings is 1. The van der Waals surface area contributed by atoms with Crippen LogP contribution in [0.2, 0.25) is 0 Å². The van der Waals surface area contributed by atoms with Gasteiger partial charge in [-0.15, -0.1) is 0 Å². The summed E-state index contributed by atoms with van der Waals surface area (Å²) in [6.45, 7) is 9.57. The fourth-order valence-electron chi connectivity index (χ4n) is 3.84. The number of carbonyl (C=O) groups is 1. The van der Waals surface area contributed by atoms with Crippen molar-refractivity contribution in [2.24, 2.45) is 5.92 Å². The van der Waals surface area contributed by atoms with Gasteiger partial charge in [-0.05, 0) is 73.9 Å². The van der Waals surface area contributed by atoms with E-state index in [1.807, 2.05) is 31.7 Å². The zero-order valence-corrected chi connectivity index (χ0v) is 17.1. The molecule has 0 aliphatic carbocycles. The molecule has 1 amide bonds. The van der Waals surface area contributed by atoms with Gasteiger partial charge in [-0.1, -0.05) is 31.2 Å². The number of carbonyl (C=O) groups excluding carboxylic acids is 1. The van der Waals surface area contributed by atoms with Crippen LogP contribution in [0.25, 0.3) is 10.8 Å². The van der Waals surface area contributed by atoms with Crippen molar-refractivity contribution in [2.75, 3.05) is 20.2 Å². The number of rotatable bonds is 3. The van der Waals surface area contributed by atoms with Crippen LogP contribution in [0.4, 0.5) is 4.79 Å². The molecule has 0 radical (unpaired) electrons. The molecule has 1 fully saturated rings. The Bertz CT molecular complexity index is 809. The molecule has 1 aliphatic heterocycles. The van der Waals surface area contributed by atoms with Crippen LogP contribution >= 0.6 is 0 Å². The SMILES string of the molecule is COc1ccc2cc(C(C)C3CCCN(C(=O)OC(C)(C)C)C3)ccc2c1. The molecule has 27 heavy (non-hydrogen) atoms. The normalized spacial score (nSPS) is 19.0. The second-order valence-electron chi connectivity index (χ2n) is 8.59. The van der Waals surface area contributed by atoms with Crippen molar-refractivity contribution in [3.05, 3.63) is 42.0 Å². The molecule has 3 rings (SSSR count). The van der Waals surface area contributed by atoms with Gasteiger partial charge in [0.05, 0.1) is 7.11 Å². The third kappa shape index (κ3) is 4.74. The number of hydrogen-bond donors (Lipinski definition) is 0. The highest BCUT2D eigenvalue weighted by molar-refractivity contribution is 5.84. The van der Waals surface area contributed by atoms with Gasteiger partial charge in [0.2, 0.25) is 0 Å². The Morgan fingerprint density at radius 1 is 1.15 bits per heavy atom. The van der Waals surface area contributed by atoms with E-state index < -0.39 is 5.60 Å². The molecule has 0 N–H and O–H groups in total. The highest BCUT2D eigenvalue weighted by Crippen LogP contribution is 2.34. The van der Waals surface area contributed by atoms with Crippen LogP contribution in [0.5, 0.6) is 5.75 Å². The van der Waals surface area contributed by atoms with Crippen molar-refractivity contribution in [1.29, 1.82) is 0 Å². The smallest absolute Gasteiger partial charge is 0.410 e. The Morgan fingerprint density at radius 3 is 2.56 bits per heavy atom. The number of hydrogen-bond acceptors (Lipinski definition) is 3. The summed E-state index contributed by atoms with van der Waals surface area (Å²) in [5.74, 6) is 1.72. The molecule has 2 aromatic rings. The van der Waals surface area contributed by atoms with Crippen LogP contribution in [0.3, 0.4) is 0 Å². The minimum atomic E-state index is -0.449. The summed E-state index contributed by atoms with van der Waals surface area (Å²) in [5.41, 5.74) is 0.874. The van der Waals surface area contributed by atoms with Crippen LogP contribution in [0.1, 0.15) is 52.0 Å². The van der Waals surface area contributed by atoms with Crippen LogP contribution in [0, 0.1) is 5.92 Å². The molecular weight excluding hydrogens is 338 g/mol. The van der Waals surface area contributed by atoms with Gasteiger partial charge in [0.25, 0.3) is 0 Å². The Morgan fingerprint density at radius 2 is 1.85 bits per heavy atom. The fraction of sp³-hybridized carbons (Fsp3) is 0.522. The van der Waals surface area contributed by atoms with Crippen LogP contribution in [0.15, 0.2) is 36.4 Å². The van der Waals surface area contributed by atoms with E-state index >= 15 is 0 Å². The lowest BCUT2D eigenvalue weighted by Gasteiger charge is -2.36. The standard InChI is InChI=1S/C23H31NO3/c1-16(17-8-9-19-14-21(26-5)11-10-18(19)13-17)20-7-6-12-24(15-20)22(25)27-23(2,3)4/h8-11,13-14,16,20H,6-7,12,15H2,1-5H3. The molecule has 4 nitrogen and oxygen atoms in total. The molecule has 0 bridgehead atoms. The van der Waals surface area contributed by atoms with E-state index in [0.29, 0.717) is 11.8 Å². The van der Waals surface area contributed by atoms with Crippen LogP contribution in [-0.2, 0) is 4.74 Å². The van der Waals surface area contributed by atoms with Gasteiger partial charge in [-0.2, -0.15) is 0 Å². The Balaban J connectivity index is 1.73. The maximum atomic E-state index is 12.4. The Labute approximate surface area is 162 Å². The molecule has 2 atom stereocenters. The minimum Gasteiger partial charge on any atom is -0.497 e. The number of fused-ring (bicyclic) bond motifs is 1. The Hall–Kier alpha value is -2.23. The van der Waals surface area contributed by atoms with E-state index in [1.54, 1.807) is 7.11 Å². The number of ether oxygens (including phenoxy) is 2. The molecule has 1 aliphatic rings. The summed E-state index contributed by atoms with van der Waals surface area (Å²) in [5, 5.41) is 2.41. The average molecular weight is 370 g/mol. The van der Waals surface area contributed by atoms with Gasteiger partial charge in [-0.3, -0.25) is 0 Å². The van der Waals surface area contributed by atoms with Gasteiger partial charge in [0, 0.05) is 13.1 Å². The molecule has 2 aromatic carbocycles. The zero-order valence-electron chi connectivity index (χ0n) is 17.1. The lowest BCUT2D eigenvalue weighted by molar-refractivity contribution is 0.0154. The number of methoxy groups -OCH3 is 1. The highest BCUT2D eigenvalue weighted by atomic mass is 16.6. The van der Waals surface area contributed by atoms with Gasteiger partial charge >= 0.3 is 6.09 Å². The van der Waals surface area contributed by atoms with Crippen molar-refractivity contribution in [3.8, 4) is 5.75 Å². The summed E-state index contributed by atoms with van der Waals surface area (Å²) < 4.78 is 10.9. The molecule has 2 unspecified atom stereocenters. The quantitative estimate of drug-likeness (QED) is 0.707. The van der Waals surface area contributed by atoms with Crippen molar-refractivity contribution >= 4 is 16.9 Å². The lowest BCUT2D eigenvalue weighted by atomic mass is 9.82. The van der Waals surface area contributed by atoms with Crippen LogP contribution < -0.4 is 4.74 Å². The van der Waals surface area contributed by atoms with Crippen molar-refractivity contribution < 1.29 is 14.3 Å². The first kappa shape index (κ1) is 19.5. The van der Waals surface area contributed by atoms with E-state index in [-0.39, 0.29) is 6.09 Å². The summed E-state index contributed by atoms with van der Waals surface area (Å²) in [6.07, 6.45) is 1.98. The van der Waals surface area contributed by atoms with Gasteiger partial charge in [0.1, 0.15) is 11.4 Å². The van der Waals surface area contributed by atoms with Gasteiger partial charge < -0.3 is 14.4 Å². The Kier molecular flexibility index (Phi) is 5.64. The number of amides is 1. The summed E-state index contributed by atoms with van der Waals surface area (Å²) >= 11 is 0. The first-order valence-corrected chi connectivity index (χ1v) is 9.82. The number of likely N-dealkylation sites (tertiary alicyclic amines) is 1. The first-order chi connectivity index (χ1) is 12.8. The van der Waals surface area contributed by atoms with Gasteiger partial charge in [-0.25, -0.2) is 4.79 Å². The molecule has 4 heteroatoms. The number of nitrogens with zero attached hydrogens (tertiary/aromatic N) is 1. The van der Waals surface area contributed by atoms with E-state index in [4.69, 9.17) is 9.47 Å². The van der Waals surface area contributed by atoms with E-state index in [2.05, 4.69) is 37.3 Å². The molecule has 0 aromatic heterocycles. The second kappa shape index (κ2) is 7.79. The zero-order chi connectivity index (χ0) is 19.6. The molecule has 1 heterocycles. The highest BCUT2D eigenvalue weighted by Gasteiger charge is 2.30. The van der Waals surface area contributed by atoms with E-state index in [9.17, 15) is 4.79 Å². The molecule has 1 saturated heterocycles. The van der Waals surface area contributed by atoms with Crippen molar-refractivity contribution in [3.63, 3.8) is 0 Å². The molecule has 0 saturated carbocycles. The second-order valence-corrected chi connectivity index (χ2v) is 8.59. The summed E-state index contributed by atoms with van der Waals surface area (Å²) in [6, 6.07) is 12.8. The monoisotopic (exact) mass is 369 g/mol. The third-order valence-corrected chi connectivity index (χ3v) is 5.41. The summed E-state index contributed by atoms with van der Waals surface area (Å²) in [7, 11) is 1.69.